The van der Waals surface area contributed by atoms with Crippen molar-refractivity contribution in [2.45, 2.75) is 26.3 Å². The largest absolute Gasteiger partial charge is 0.467 e. The molecule has 0 bridgehead atoms. The van der Waals surface area contributed by atoms with Crippen molar-refractivity contribution < 1.29 is 23.2 Å². The summed E-state index contributed by atoms with van der Waals surface area (Å²) in [7, 11) is 1.30. The first-order valence-corrected chi connectivity index (χ1v) is 10.5. The molecule has 9 nitrogen and oxygen atoms in total. The van der Waals surface area contributed by atoms with Crippen LogP contribution in [0.15, 0.2) is 63.8 Å². The lowest BCUT2D eigenvalue weighted by Crippen LogP contribution is -2.47. The standard InChI is InChI=1S/C24H24N4O5/c1-4-14(2)20(23(29)31-3)28-24(30)25-15-9-10-16-17(13-15)27-22(19-8-6-12-33-19)21(26-16)18-7-5-11-32-18/h5-14,20H,4H2,1-3H3,(H2,25,28,30)/t14-,20-/m0/s1. The SMILES string of the molecule is CC[C@H](C)[C@H](NC(=O)Nc1ccc2nc(-c3ccco3)c(-c3ccco3)nc2c1)C(=O)OC. The van der Waals surface area contributed by atoms with Crippen molar-refractivity contribution in [1.82, 2.24) is 15.3 Å². The Hall–Kier alpha value is -4.14. The van der Waals surface area contributed by atoms with Gasteiger partial charge in [0.05, 0.1) is 30.7 Å². The molecule has 3 heterocycles. The van der Waals surface area contributed by atoms with E-state index in [4.69, 9.17) is 23.5 Å². The second kappa shape index (κ2) is 9.56. The number of hydrogen-bond donors (Lipinski definition) is 2. The summed E-state index contributed by atoms with van der Waals surface area (Å²) in [5.41, 5.74) is 2.75. The van der Waals surface area contributed by atoms with E-state index in [0.29, 0.717) is 46.0 Å². The molecule has 0 fully saturated rings. The Kier molecular flexibility index (Phi) is 6.39. The van der Waals surface area contributed by atoms with Gasteiger partial charge in [-0.15, -0.1) is 0 Å². The number of nitrogens with one attached hydrogen (secondary N) is 2. The van der Waals surface area contributed by atoms with Gasteiger partial charge in [-0.25, -0.2) is 19.6 Å². The Balaban J connectivity index is 1.63. The fourth-order valence-corrected chi connectivity index (χ4v) is 3.41. The van der Waals surface area contributed by atoms with Crippen LogP contribution in [-0.4, -0.2) is 35.1 Å². The molecule has 2 N–H and O–H groups in total. The highest BCUT2D eigenvalue weighted by Crippen LogP contribution is 2.32. The predicted molar refractivity (Wildman–Crippen MR) is 122 cm³/mol. The Morgan fingerprint density at radius 2 is 1.64 bits per heavy atom. The van der Waals surface area contributed by atoms with E-state index in [1.807, 2.05) is 13.8 Å². The molecule has 2 atom stereocenters. The summed E-state index contributed by atoms with van der Waals surface area (Å²) in [4.78, 5) is 34.1. The number of esters is 1. The first-order chi connectivity index (χ1) is 16.0. The van der Waals surface area contributed by atoms with Crippen LogP contribution in [0.4, 0.5) is 10.5 Å². The summed E-state index contributed by atoms with van der Waals surface area (Å²) < 4.78 is 15.9. The number of hydrogen-bond acceptors (Lipinski definition) is 7. The minimum Gasteiger partial charge on any atom is -0.467 e. The lowest BCUT2D eigenvalue weighted by Gasteiger charge is -2.22. The number of ether oxygens (including phenoxy) is 1. The van der Waals surface area contributed by atoms with Gasteiger partial charge in [-0.2, -0.15) is 0 Å². The molecule has 0 spiro atoms. The average molecular weight is 448 g/mol. The topological polar surface area (TPSA) is 119 Å². The summed E-state index contributed by atoms with van der Waals surface area (Å²) in [6, 6.07) is 11.0. The quantitative estimate of drug-likeness (QED) is 0.388. The lowest BCUT2D eigenvalue weighted by molar-refractivity contribution is -0.144. The van der Waals surface area contributed by atoms with E-state index in [-0.39, 0.29) is 5.92 Å². The van der Waals surface area contributed by atoms with Gasteiger partial charge >= 0.3 is 12.0 Å². The second-order valence-corrected chi connectivity index (χ2v) is 7.56. The molecule has 0 saturated heterocycles. The van der Waals surface area contributed by atoms with Crippen LogP contribution in [0.5, 0.6) is 0 Å². The normalized spacial score (nSPS) is 12.8. The maximum absolute atomic E-state index is 12.6. The van der Waals surface area contributed by atoms with Crippen molar-refractivity contribution in [2.24, 2.45) is 5.92 Å². The van der Waals surface area contributed by atoms with Crippen molar-refractivity contribution >= 4 is 28.7 Å². The number of furan rings is 2. The third-order valence-electron chi connectivity index (χ3n) is 5.39. The molecule has 2 amide bonds. The number of fused-ring (bicyclic) bond motifs is 1. The molecule has 0 aliphatic carbocycles. The number of carbonyl (C=O) groups excluding carboxylic acids is 2. The van der Waals surface area contributed by atoms with Crippen LogP contribution in [0.1, 0.15) is 20.3 Å². The van der Waals surface area contributed by atoms with Gasteiger partial charge in [0.15, 0.2) is 11.5 Å². The van der Waals surface area contributed by atoms with Gasteiger partial charge in [-0.3, -0.25) is 0 Å². The molecule has 0 aliphatic heterocycles. The molecule has 1 aromatic carbocycles. The van der Waals surface area contributed by atoms with Gasteiger partial charge < -0.3 is 24.2 Å². The van der Waals surface area contributed by atoms with Gasteiger partial charge in [0, 0.05) is 5.69 Å². The Bertz CT molecular complexity index is 1250. The fraction of sp³-hybridized carbons (Fsp3) is 0.250. The molecule has 0 saturated carbocycles. The minimum atomic E-state index is -0.748. The molecule has 3 aromatic heterocycles. The third kappa shape index (κ3) is 4.72. The Morgan fingerprint density at radius 1 is 1.00 bits per heavy atom. The van der Waals surface area contributed by atoms with Crippen LogP contribution < -0.4 is 10.6 Å². The first kappa shape index (κ1) is 22.1. The van der Waals surface area contributed by atoms with E-state index in [0.717, 1.165) is 0 Å². The highest BCUT2D eigenvalue weighted by atomic mass is 16.5. The number of rotatable bonds is 7. The molecular formula is C24H24N4O5. The zero-order valence-corrected chi connectivity index (χ0v) is 18.5. The van der Waals surface area contributed by atoms with Crippen molar-refractivity contribution in [3.8, 4) is 22.9 Å². The van der Waals surface area contributed by atoms with Crippen molar-refractivity contribution in [3.63, 3.8) is 0 Å². The molecule has 4 aromatic rings. The maximum atomic E-state index is 12.6. The van der Waals surface area contributed by atoms with Crippen LogP contribution in [0, 0.1) is 5.92 Å². The summed E-state index contributed by atoms with van der Waals surface area (Å²) >= 11 is 0. The van der Waals surface area contributed by atoms with E-state index >= 15 is 0 Å². The summed E-state index contributed by atoms with van der Waals surface area (Å²) in [5, 5.41) is 5.44. The summed E-state index contributed by atoms with van der Waals surface area (Å²) in [6.07, 6.45) is 3.84. The summed E-state index contributed by atoms with van der Waals surface area (Å²) in [5.74, 6) is 0.539. The van der Waals surface area contributed by atoms with E-state index in [2.05, 4.69) is 10.6 Å². The fourth-order valence-electron chi connectivity index (χ4n) is 3.41. The van der Waals surface area contributed by atoms with Gasteiger partial charge in [0.1, 0.15) is 17.4 Å². The number of methoxy groups -OCH3 is 1. The Morgan fingerprint density at radius 3 is 2.18 bits per heavy atom. The molecule has 0 unspecified atom stereocenters. The van der Waals surface area contributed by atoms with Gasteiger partial charge in [0.2, 0.25) is 0 Å². The number of nitrogens with zero attached hydrogens (tertiary/aromatic N) is 2. The van der Waals surface area contributed by atoms with E-state index < -0.39 is 18.0 Å². The van der Waals surface area contributed by atoms with Crippen molar-refractivity contribution in [3.05, 3.63) is 55.0 Å². The van der Waals surface area contributed by atoms with E-state index in [1.165, 1.54) is 7.11 Å². The average Bonchev–Trinajstić information content (AvgIpc) is 3.55. The van der Waals surface area contributed by atoms with E-state index in [1.54, 1.807) is 55.0 Å². The number of carbonyl (C=O) groups is 2. The second-order valence-electron chi connectivity index (χ2n) is 7.56. The number of anilines is 1. The van der Waals surface area contributed by atoms with Crippen molar-refractivity contribution in [2.75, 3.05) is 12.4 Å². The number of benzene rings is 1. The third-order valence-corrected chi connectivity index (χ3v) is 5.39. The number of aromatic nitrogens is 2. The maximum Gasteiger partial charge on any atom is 0.328 e. The highest BCUT2D eigenvalue weighted by Gasteiger charge is 2.26. The molecule has 9 heteroatoms. The van der Waals surface area contributed by atoms with Gasteiger partial charge in [-0.1, -0.05) is 20.3 Å². The van der Waals surface area contributed by atoms with Gasteiger partial charge in [0.25, 0.3) is 0 Å². The highest BCUT2D eigenvalue weighted by molar-refractivity contribution is 5.95. The van der Waals surface area contributed by atoms with Crippen LogP contribution >= 0.6 is 0 Å². The molecule has 4 rings (SSSR count). The number of urea groups is 1. The lowest BCUT2D eigenvalue weighted by atomic mass is 9.99. The van der Waals surface area contributed by atoms with Gasteiger partial charge in [-0.05, 0) is 48.4 Å². The van der Waals surface area contributed by atoms with Crippen LogP contribution in [-0.2, 0) is 9.53 Å². The molecular weight excluding hydrogens is 424 g/mol. The molecule has 33 heavy (non-hydrogen) atoms. The Labute approximate surface area is 190 Å². The van der Waals surface area contributed by atoms with E-state index in [9.17, 15) is 9.59 Å². The van der Waals surface area contributed by atoms with Crippen molar-refractivity contribution in [1.29, 1.82) is 0 Å². The minimum absolute atomic E-state index is 0.0819. The zero-order chi connectivity index (χ0) is 23.4. The zero-order valence-electron chi connectivity index (χ0n) is 18.5. The van der Waals surface area contributed by atoms with Crippen LogP contribution in [0.2, 0.25) is 0 Å². The summed E-state index contributed by atoms with van der Waals surface area (Å²) in [6.45, 7) is 3.82. The molecule has 0 aliphatic rings. The first-order valence-electron chi connectivity index (χ1n) is 10.5. The number of amides is 2. The molecule has 170 valence electrons. The molecule has 0 radical (unpaired) electrons. The van der Waals surface area contributed by atoms with Crippen LogP contribution in [0.3, 0.4) is 0 Å². The predicted octanol–water partition coefficient (Wildman–Crippen LogP) is 4.86. The van der Waals surface area contributed by atoms with Crippen LogP contribution in [0.25, 0.3) is 33.9 Å². The smallest absolute Gasteiger partial charge is 0.328 e. The monoisotopic (exact) mass is 448 g/mol.